The maximum absolute atomic E-state index is 8.68. The summed E-state index contributed by atoms with van der Waals surface area (Å²) in [4.78, 5) is 3.98. The maximum Gasteiger partial charge on any atom is 0.211 e. The first-order chi connectivity index (χ1) is 5.83. The Morgan fingerprint density at radius 1 is 1.58 bits per heavy atom. The van der Waals surface area contributed by atoms with Crippen molar-refractivity contribution in [1.29, 1.82) is 5.26 Å². The van der Waals surface area contributed by atoms with Crippen LogP contribution < -0.4 is 5.73 Å². The molecule has 0 aliphatic carbocycles. The quantitative estimate of drug-likeness (QED) is 0.628. The summed E-state index contributed by atoms with van der Waals surface area (Å²) in [5.74, 6) is 0.131. The van der Waals surface area contributed by atoms with Gasteiger partial charge in [-0.1, -0.05) is 0 Å². The van der Waals surface area contributed by atoms with Gasteiger partial charge in [-0.25, -0.2) is 0 Å². The van der Waals surface area contributed by atoms with Crippen LogP contribution in [-0.2, 0) is 0 Å². The molecule has 0 radical (unpaired) electrons. The molecule has 0 amide bonds. The standard InChI is InChI=1S/C8H5N3O/c9-4-5-7-6(12-8(5)10)2-1-3-11-7/h1-3H,10H2. The number of fused-ring (bicyclic) bond motifs is 1. The molecule has 0 spiro atoms. The van der Waals surface area contributed by atoms with Gasteiger partial charge in [0.05, 0.1) is 0 Å². The monoisotopic (exact) mass is 159 g/mol. The number of nitrogen functional groups attached to an aromatic ring is 1. The molecule has 4 nitrogen and oxygen atoms in total. The Balaban J connectivity index is 2.93. The lowest BCUT2D eigenvalue weighted by Crippen LogP contribution is -1.83. The van der Waals surface area contributed by atoms with Crippen molar-refractivity contribution in [3.8, 4) is 6.07 Å². The van der Waals surface area contributed by atoms with E-state index in [1.54, 1.807) is 18.3 Å². The van der Waals surface area contributed by atoms with E-state index in [9.17, 15) is 0 Å². The summed E-state index contributed by atoms with van der Waals surface area (Å²) in [6, 6.07) is 5.39. The molecule has 0 aliphatic heterocycles. The molecule has 2 N–H and O–H groups in total. The molecule has 12 heavy (non-hydrogen) atoms. The van der Waals surface area contributed by atoms with E-state index >= 15 is 0 Å². The third-order valence-electron chi connectivity index (χ3n) is 1.59. The fourth-order valence-corrected chi connectivity index (χ4v) is 1.05. The Bertz CT molecular complexity index is 467. The molecule has 0 saturated heterocycles. The number of rotatable bonds is 0. The summed E-state index contributed by atoms with van der Waals surface area (Å²) in [5.41, 5.74) is 6.82. The summed E-state index contributed by atoms with van der Waals surface area (Å²) in [7, 11) is 0. The van der Waals surface area contributed by atoms with E-state index < -0.39 is 0 Å². The van der Waals surface area contributed by atoms with E-state index in [1.807, 2.05) is 6.07 Å². The molecule has 0 unspecified atom stereocenters. The van der Waals surface area contributed by atoms with Gasteiger partial charge in [-0.05, 0) is 12.1 Å². The minimum Gasteiger partial charge on any atom is -0.438 e. The summed E-state index contributed by atoms with van der Waals surface area (Å²) in [5, 5.41) is 8.68. The smallest absolute Gasteiger partial charge is 0.211 e. The third-order valence-corrected chi connectivity index (χ3v) is 1.59. The number of furan rings is 1. The van der Waals surface area contributed by atoms with Crippen LogP contribution in [0.5, 0.6) is 0 Å². The van der Waals surface area contributed by atoms with Gasteiger partial charge in [-0.2, -0.15) is 5.26 Å². The zero-order valence-electron chi connectivity index (χ0n) is 6.11. The van der Waals surface area contributed by atoms with Gasteiger partial charge in [0.1, 0.15) is 17.1 Å². The number of hydrogen-bond donors (Lipinski definition) is 1. The first-order valence-corrected chi connectivity index (χ1v) is 3.36. The normalized spacial score (nSPS) is 9.92. The largest absolute Gasteiger partial charge is 0.438 e. The van der Waals surface area contributed by atoms with Crippen molar-refractivity contribution < 1.29 is 4.42 Å². The number of nitriles is 1. The molecule has 2 aromatic rings. The summed E-state index contributed by atoms with van der Waals surface area (Å²) in [6.45, 7) is 0. The fourth-order valence-electron chi connectivity index (χ4n) is 1.05. The highest BCUT2D eigenvalue weighted by atomic mass is 16.3. The van der Waals surface area contributed by atoms with Gasteiger partial charge >= 0.3 is 0 Å². The number of pyridine rings is 1. The highest BCUT2D eigenvalue weighted by Gasteiger charge is 2.10. The van der Waals surface area contributed by atoms with Crippen molar-refractivity contribution >= 4 is 17.0 Å². The van der Waals surface area contributed by atoms with Crippen molar-refractivity contribution in [3.05, 3.63) is 23.9 Å². The van der Waals surface area contributed by atoms with Crippen molar-refractivity contribution in [1.82, 2.24) is 4.98 Å². The van der Waals surface area contributed by atoms with Gasteiger partial charge in [-0.15, -0.1) is 0 Å². The Kier molecular flexibility index (Phi) is 1.25. The molecule has 2 rings (SSSR count). The van der Waals surface area contributed by atoms with Gasteiger partial charge in [0.2, 0.25) is 5.88 Å². The Morgan fingerprint density at radius 3 is 3.17 bits per heavy atom. The van der Waals surface area contributed by atoms with Gasteiger partial charge in [-0.3, -0.25) is 4.98 Å². The van der Waals surface area contributed by atoms with Crippen molar-refractivity contribution in [2.75, 3.05) is 5.73 Å². The molecule has 2 heterocycles. The third kappa shape index (κ3) is 0.736. The second kappa shape index (κ2) is 2.24. The van der Waals surface area contributed by atoms with Crippen LogP contribution in [0.15, 0.2) is 22.7 Å². The predicted octanol–water partition coefficient (Wildman–Crippen LogP) is 1.28. The van der Waals surface area contributed by atoms with Gasteiger partial charge in [0.15, 0.2) is 5.58 Å². The van der Waals surface area contributed by atoms with E-state index in [-0.39, 0.29) is 5.88 Å². The van der Waals surface area contributed by atoms with Crippen molar-refractivity contribution in [2.24, 2.45) is 0 Å². The maximum atomic E-state index is 8.68. The Labute approximate surface area is 68.2 Å². The van der Waals surface area contributed by atoms with Crippen LogP contribution >= 0.6 is 0 Å². The van der Waals surface area contributed by atoms with Crippen LogP contribution in [0.3, 0.4) is 0 Å². The molecule has 0 fully saturated rings. The van der Waals surface area contributed by atoms with Crippen LogP contribution in [0, 0.1) is 11.3 Å². The van der Waals surface area contributed by atoms with E-state index in [0.29, 0.717) is 16.7 Å². The van der Waals surface area contributed by atoms with E-state index in [2.05, 4.69) is 4.98 Å². The average molecular weight is 159 g/mol. The highest BCUT2D eigenvalue weighted by molar-refractivity contribution is 5.84. The lowest BCUT2D eigenvalue weighted by molar-refractivity contribution is 0.636. The van der Waals surface area contributed by atoms with Crippen LogP contribution in [0.2, 0.25) is 0 Å². The Morgan fingerprint density at radius 2 is 2.42 bits per heavy atom. The predicted molar refractivity (Wildman–Crippen MR) is 43.1 cm³/mol. The molecule has 0 aliphatic rings. The van der Waals surface area contributed by atoms with Crippen molar-refractivity contribution in [2.45, 2.75) is 0 Å². The van der Waals surface area contributed by atoms with Gasteiger partial charge in [0, 0.05) is 6.20 Å². The number of anilines is 1. The summed E-state index contributed by atoms with van der Waals surface area (Å²) >= 11 is 0. The molecule has 0 saturated carbocycles. The fraction of sp³-hybridized carbons (Fsp3) is 0. The topological polar surface area (TPSA) is 75.8 Å². The molecule has 0 atom stereocenters. The summed E-state index contributed by atoms with van der Waals surface area (Å²) in [6.07, 6.45) is 1.60. The molecular formula is C8H5N3O. The molecule has 4 heteroatoms. The molecule has 0 aromatic carbocycles. The van der Waals surface area contributed by atoms with Crippen LogP contribution in [-0.4, -0.2) is 4.98 Å². The van der Waals surface area contributed by atoms with E-state index in [1.165, 1.54) is 0 Å². The van der Waals surface area contributed by atoms with E-state index in [4.69, 9.17) is 15.4 Å². The minimum atomic E-state index is 0.131. The molecule has 2 aromatic heterocycles. The molecule has 58 valence electrons. The van der Waals surface area contributed by atoms with Crippen molar-refractivity contribution in [3.63, 3.8) is 0 Å². The first-order valence-electron chi connectivity index (χ1n) is 3.36. The number of hydrogen-bond acceptors (Lipinski definition) is 4. The zero-order chi connectivity index (χ0) is 8.55. The number of aromatic nitrogens is 1. The average Bonchev–Trinajstić information content (AvgIpc) is 2.40. The second-order valence-electron chi connectivity index (χ2n) is 2.30. The SMILES string of the molecule is N#Cc1c(N)oc2cccnc12. The van der Waals surface area contributed by atoms with Crippen LogP contribution in [0.4, 0.5) is 5.88 Å². The number of nitrogens with zero attached hydrogens (tertiary/aromatic N) is 2. The molecule has 0 bridgehead atoms. The lowest BCUT2D eigenvalue weighted by Gasteiger charge is -1.82. The lowest BCUT2D eigenvalue weighted by atomic mass is 10.3. The number of nitrogens with two attached hydrogens (primary N) is 1. The first kappa shape index (κ1) is 6.68. The van der Waals surface area contributed by atoms with Crippen LogP contribution in [0.1, 0.15) is 5.56 Å². The zero-order valence-corrected chi connectivity index (χ0v) is 6.11. The van der Waals surface area contributed by atoms with Gasteiger partial charge < -0.3 is 10.2 Å². The van der Waals surface area contributed by atoms with Gasteiger partial charge in [0.25, 0.3) is 0 Å². The van der Waals surface area contributed by atoms with E-state index in [0.717, 1.165) is 0 Å². The summed E-state index contributed by atoms with van der Waals surface area (Å²) < 4.78 is 5.08. The highest BCUT2D eigenvalue weighted by Crippen LogP contribution is 2.24. The Hall–Kier alpha value is -2.02. The second-order valence-corrected chi connectivity index (χ2v) is 2.30. The molecular weight excluding hydrogens is 154 g/mol. The van der Waals surface area contributed by atoms with Crippen LogP contribution in [0.25, 0.3) is 11.1 Å². The minimum absolute atomic E-state index is 0.131.